The van der Waals surface area contributed by atoms with Crippen LogP contribution in [0.15, 0.2) is 0 Å². The van der Waals surface area contributed by atoms with Crippen LogP contribution in [0.4, 0.5) is 0 Å². The van der Waals surface area contributed by atoms with Gasteiger partial charge >= 0.3 is 0 Å². The lowest BCUT2D eigenvalue weighted by molar-refractivity contribution is 0.193. The van der Waals surface area contributed by atoms with Gasteiger partial charge in [-0.1, -0.05) is 0 Å². The fourth-order valence-corrected chi connectivity index (χ4v) is 0.323. The highest BCUT2D eigenvalue weighted by atomic mass is 16.5. The first-order chi connectivity index (χ1) is 2.50. The Hall–Kier alpha value is -0.0800. The molecule has 0 atom stereocenters. The third-order valence-corrected chi connectivity index (χ3v) is 0.576. The average molecular weight is 72.1 g/mol. The van der Waals surface area contributed by atoms with E-state index in [9.17, 15) is 0 Å². The number of ether oxygens (including phenoxy) is 1. The maximum Gasteiger partial charge on any atom is 0.112 e. The van der Waals surface area contributed by atoms with E-state index in [1.165, 1.54) is 0 Å². The molecule has 1 saturated heterocycles. The van der Waals surface area contributed by atoms with Crippen molar-refractivity contribution in [1.82, 2.24) is 5.32 Å². The van der Waals surface area contributed by atoms with E-state index < -0.39 is 0 Å². The van der Waals surface area contributed by atoms with E-state index in [0.717, 1.165) is 13.2 Å². The van der Waals surface area contributed by atoms with Crippen molar-refractivity contribution in [3.63, 3.8) is 0 Å². The lowest BCUT2D eigenvalue weighted by Crippen LogP contribution is -1.94. The van der Waals surface area contributed by atoms with Crippen molar-refractivity contribution in [2.45, 2.75) is 0 Å². The van der Waals surface area contributed by atoms with Crippen LogP contribution in [0.2, 0.25) is 0 Å². The van der Waals surface area contributed by atoms with E-state index in [0.29, 0.717) is 6.73 Å². The Morgan fingerprint density at radius 1 is 1.60 bits per heavy atom. The van der Waals surface area contributed by atoms with Crippen LogP contribution in [0.3, 0.4) is 0 Å². The van der Waals surface area contributed by atoms with E-state index in [4.69, 9.17) is 4.74 Å². The molecule has 1 aliphatic rings. The van der Waals surface area contributed by atoms with Gasteiger partial charge in [-0.05, 0) is 0 Å². The second-order valence-corrected chi connectivity index (χ2v) is 0.985. The van der Waals surface area contributed by atoms with Gasteiger partial charge in [-0.15, -0.1) is 0 Å². The summed E-state index contributed by atoms with van der Waals surface area (Å²) in [7, 11) is 0. The van der Waals surface area contributed by atoms with Gasteiger partial charge in [0.2, 0.25) is 0 Å². The maximum absolute atomic E-state index is 4.78. The van der Waals surface area contributed by atoms with Gasteiger partial charge in [0.15, 0.2) is 0 Å². The largest absolute Gasteiger partial charge is 0.363 e. The molecule has 0 amide bonds. The average Bonchev–Trinajstić information content (AvgIpc) is 1.76. The fourth-order valence-electron chi connectivity index (χ4n) is 0.323. The summed E-state index contributed by atoms with van der Waals surface area (Å²) in [6, 6.07) is 0. The Labute approximate surface area is 31.1 Å². The first-order valence-corrected chi connectivity index (χ1v) is 1.71. The molecule has 2 nitrogen and oxygen atoms in total. The van der Waals surface area contributed by atoms with Gasteiger partial charge < -0.3 is 4.74 Å². The van der Waals surface area contributed by atoms with Crippen molar-refractivity contribution in [2.24, 2.45) is 0 Å². The summed E-state index contributed by atoms with van der Waals surface area (Å²) in [5, 5.41) is 3.86. The number of nitrogens with zero attached hydrogens (tertiary/aromatic N) is 1. The van der Waals surface area contributed by atoms with Gasteiger partial charge in [0.05, 0.1) is 6.61 Å². The van der Waals surface area contributed by atoms with Gasteiger partial charge in [-0.2, -0.15) is 0 Å². The minimum atomic E-state index is 0.625. The van der Waals surface area contributed by atoms with Crippen LogP contribution in [0, 0.1) is 0 Å². The Morgan fingerprint density at radius 2 is 2.60 bits per heavy atom. The molecule has 0 saturated carbocycles. The zero-order valence-corrected chi connectivity index (χ0v) is 2.98. The number of rotatable bonds is 0. The number of hydrogen-bond acceptors (Lipinski definition) is 1. The molecule has 1 heterocycles. The maximum atomic E-state index is 4.78. The summed E-state index contributed by atoms with van der Waals surface area (Å²) in [5.41, 5.74) is 0. The van der Waals surface area contributed by atoms with Crippen LogP contribution in [-0.2, 0) is 4.74 Å². The Morgan fingerprint density at radius 3 is 2.80 bits per heavy atom. The van der Waals surface area contributed by atoms with Gasteiger partial charge in [-0.25, -0.2) is 5.32 Å². The van der Waals surface area contributed by atoms with Crippen LogP contribution >= 0.6 is 0 Å². The molecule has 0 aromatic heterocycles. The highest BCUT2D eigenvalue weighted by Crippen LogP contribution is 1.78. The molecule has 0 aromatic rings. The quantitative estimate of drug-likeness (QED) is 0.381. The SMILES string of the molecule is C1COC[N]1. The first-order valence-electron chi connectivity index (χ1n) is 1.71. The summed E-state index contributed by atoms with van der Waals surface area (Å²) in [4.78, 5) is 0. The second kappa shape index (κ2) is 1.38. The molecule has 1 rings (SSSR count). The molecular weight excluding hydrogens is 66.0 g/mol. The Balaban J connectivity index is 2.08. The van der Waals surface area contributed by atoms with Crippen molar-refractivity contribution in [3.8, 4) is 0 Å². The highest BCUT2D eigenvalue weighted by molar-refractivity contribution is 4.42. The zero-order chi connectivity index (χ0) is 3.54. The molecule has 0 unspecified atom stereocenters. The fraction of sp³-hybridized carbons (Fsp3) is 1.00. The van der Waals surface area contributed by atoms with Gasteiger partial charge in [0.1, 0.15) is 6.73 Å². The van der Waals surface area contributed by atoms with Crippen LogP contribution in [-0.4, -0.2) is 19.9 Å². The van der Waals surface area contributed by atoms with Crippen molar-refractivity contribution >= 4 is 0 Å². The van der Waals surface area contributed by atoms with Crippen LogP contribution in [0.1, 0.15) is 0 Å². The topological polar surface area (TPSA) is 23.3 Å². The number of hydrogen-bond donors (Lipinski definition) is 0. The molecule has 0 aromatic carbocycles. The molecule has 1 fully saturated rings. The van der Waals surface area contributed by atoms with Gasteiger partial charge in [0, 0.05) is 6.54 Å². The first kappa shape index (κ1) is 3.12. The standard InChI is InChI=1S/C3H6NO/c1-2-5-3-4-1/h1-3H2. The lowest BCUT2D eigenvalue weighted by Gasteiger charge is -1.75. The van der Waals surface area contributed by atoms with Crippen LogP contribution in [0.25, 0.3) is 0 Å². The molecule has 1 radical (unpaired) electrons. The molecular formula is C3H6NO. The molecule has 0 bridgehead atoms. The van der Waals surface area contributed by atoms with Crippen molar-refractivity contribution in [1.29, 1.82) is 0 Å². The lowest BCUT2D eigenvalue weighted by atomic mass is 10.7. The highest BCUT2D eigenvalue weighted by Gasteiger charge is 1.94. The third-order valence-electron chi connectivity index (χ3n) is 0.576. The summed E-state index contributed by atoms with van der Waals surface area (Å²) in [6.07, 6.45) is 0. The predicted octanol–water partition coefficient (Wildman–Crippen LogP) is -0.421. The minimum Gasteiger partial charge on any atom is -0.363 e. The molecule has 29 valence electrons. The summed E-state index contributed by atoms with van der Waals surface area (Å²) < 4.78 is 4.78. The Bertz CT molecular complexity index is 18.5. The molecule has 1 aliphatic heterocycles. The molecule has 5 heavy (non-hydrogen) atoms. The smallest absolute Gasteiger partial charge is 0.112 e. The second-order valence-electron chi connectivity index (χ2n) is 0.985. The van der Waals surface area contributed by atoms with Crippen molar-refractivity contribution < 1.29 is 4.74 Å². The van der Waals surface area contributed by atoms with E-state index in [-0.39, 0.29) is 0 Å². The Kier molecular flexibility index (Phi) is 0.862. The van der Waals surface area contributed by atoms with Crippen LogP contribution < -0.4 is 5.32 Å². The summed E-state index contributed by atoms with van der Waals surface area (Å²) in [6.45, 7) is 2.36. The molecule has 0 aliphatic carbocycles. The van der Waals surface area contributed by atoms with Gasteiger partial charge in [0.25, 0.3) is 0 Å². The normalized spacial score (nSPS) is 24.0. The van der Waals surface area contributed by atoms with Crippen molar-refractivity contribution in [3.05, 3.63) is 0 Å². The van der Waals surface area contributed by atoms with Gasteiger partial charge in [-0.3, -0.25) is 0 Å². The molecule has 0 N–H and O–H groups in total. The van der Waals surface area contributed by atoms with E-state index in [1.54, 1.807) is 0 Å². The van der Waals surface area contributed by atoms with E-state index in [2.05, 4.69) is 5.32 Å². The van der Waals surface area contributed by atoms with E-state index in [1.807, 2.05) is 0 Å². The monoisotopic (exact) mass is 72.0 g/mol. The van der Waals surface area contributed by atoms with E-state index >= 15 is 0 Å². The molecule has 0 spiro atoms. The third kappa shape index (κ3) is 0.597. The van der Waals surface area contributed by atoms with Crippen LogP contribution in [0.5, 0.6) is 0 Å². The zero-order valence-electron chi connectivity index (χ0n) is 2.98. The summed E-state index contributed by atoms with van der Waals surface area (Å²) >= 11 is 0. The minimum absolute atomic E-state index is 0.625. The predicted molar refractivity (Wildman–Crippen MR) is 17.8 cm³/mol. The molecule has 2 heteroatoms. The summed E-state index contributed by atoms with van der Waals surface area (Å²) in [5.74, 6) is 0. The van der Waals surface area contributed by atoms with Crippen molar-refractivity contribution in [2.75, 3.05) is 19.9 Å².